The lowest BCUT2D eigenvalue weighted by Gasteiger charge is -2.09. The molecular weight excluding hydrogens is 236 g/mol. The fraction of sp³-hybridized carbons (Fsp3) is 0.250. The summed E-state index contributed by atoms with van der Waals surface area (Å²) in [6.07, 6.45) is 11.9. The zero-order chi connectivity index (χ0) is 11.7. The van der Waals surface area contributed by atoms with E-state index in [1.54, 1.807) is 6.33 Å². The number of allylic oxidation sites excluding steroid dienone is 4. The Morgan fingerprint density at radius 3 is 3.06 bits per heavy atom. The Morgan fingerprint density at radius 2 is 2.24 bits per heavy atom. The summed E-state index contributed by atoms with van der Waals surface area (Å²) in [7, 11) is 0. The molecule has 0 saturated heterocycles. The van der Waals surface area contributed by atoms with Crippen LogP contribution >= 0.6 is 11.6 Å². The third-order valence-corrected chi connectivity index (χ3v) is 3.11. The maximum atomic E-state index is 5.96. The standard InChI is InChI=1S/C12H11ClN4/c13-11-10-12(15-7-14-11)17(8-16-10)6-9-4-2-1-3-5-9/h1-2,4,7-8H,3,5-6H2. The van der Waals surface area contributed by atoms with Gasteiger partial charge in [0.15, 0.2) is 10.8 Å². The van der Waals surface area contributed by atoms with Crippen molar-refractivity contribution in [1.29, 1.82) is 0 Å². The summed E-state index contributed by atoms with van der Waals surface area (Å²) in [5.74, 6) is 0. The summed E-state index contributed by atoms with van der Waals surface area (Å²) >= 11 is 5.96. The molecule has 0 unspecified atom stereocenters. The predicted molar refractivity (Wildman–Crippen MR) is 66.8 cm³/mol. The average molecular weight is 247 g/mol. The number of aromatic nitrogens is 4. The maximum Gasteiger partial charge on any atom is 0.165 e. The van der Waals surface area contributed by atoms with E-state index in [-0.39, 0.29) is 0 Å². The first-order valence-corrected chi connectivity index (χ1v) is 5.88. The summed E-state index contributed by atoms with van der Waals surface area (Å²) in [5.41, 5.74) is 2.84. The molecule has 17 heavy (non-hydrogen) atoms. The number of halogens is 1. The van der Waals surface area contributed by atoms with Crippen molar-refractivity contribution in [3.63, 3.8) is 0 Å². The van der Waals surface area contributed by atoms with E-state index in [1.807, 2.05) is 4.57 Å². The van der Waals surface area contributed by atoms with Crippen molar-refractivity contribution >= 4 is 22.8 Å². The van der Waals surface area contributed by atoms with E-state index in [0.717, 1.165) is 25.0 Å². The van der Waals surface area contributed by atoms with Gasteiger partial charge in [-0.3, -0.25) is 0 Å². The Balaban J connectivity index is 1.98. The van der Waals surface area contributed by atoms with Crippen molar-refractivity contribution < 1.29 is 0 Å². The molecule has 0 bridgehead atoms. The van der Waals surface area contributed by atoms with Crippen molar-refractivity contribution in [1.82, 2.24) is 19.5 Å². The van der Waals surface area contributed by atoms with E-state index in [4.69, 9.17) is 11.6 Å². The zero-order valence-corrected chi connectivity index (χ0v) is 9.93. The molecule has 1 aliphatic carbocycles. The SMILES string of the molecule is Clc1ncnc2c1ncn2CC1=CC=CCC1. The molecule has 3 rings (SSSR count). The fourth-order valence-electron chi connectivity index (χ4n) is 1.97. The van der Waals surface area contributed by atoms with Gasteiger partial charge in [-0.05, 0) is 12.8 Å². The summed E-state index contributed by atoms with van der Waals surface area (Å²) < 4.78 is 2.01. The van der Waals surface area contributed by atoms with Gasteiger partial charge in [0, 0.05) is 6.54 Å². The van der Waals surface area contributed by atoms with E-state index in [1.165, 1.54) is 11.9 Å². The van der Waals surface area contributed by atoms with Gasteiger partial charge < -0.3 is 4.57 Å². The second-order valence-corrected chi connectivity index (χ2v) is 4.36. The molecule has 2 aromatic heterocycles. The maximum absolute atomic E-state index is 5.96. The first-order valence-electron chi connectivity index (χ1n) is 5.50. The highest BCUT2D eigenvalue weighted by Gasteiger charge is 2.09. The van der Waals surface area contributed by atoms with Crippen LogP contribution in [0.3, 0.4) is 0 Å². The molecule has 0 aromatic carbocycles. The fourth-order valence-corrected chi connectivity index (χ4v) is 2.15. The first kappa shape index (κ1) is 10.5. The molecule has 86 valence electrons. The molecule has 0 saturated carbocycles. The zero-order valence-electron chi connectivity index (χ0n) is 9.17. The Bertz CT molecular complexity index is 612. The quantitative estimate of drug-likeness (QED) is 0.766. The van der Waals surface area contributed by atoms with Gasteiger partial charge in [0.1, 0.15) is 11.8 Å². The van der Waals surface area contributed by atoms with Crippen LogP contribution in [0.5, 0.6) is 0 Å². The average Bonchev–Trinajstić information content (AvgIpc) is 2.76. The van der Waals surface area contributed by atoms with Gasteiger partial charge in [0.05, 0.1) is 6.33 Å². The van der Waals surface area contributed by atoms with Crippen molar-refractivity contribution in [2.45, 2.75) is 19.4 Å². The lowest BCUT2D eigenvalue weighted by Crippen LogP contribution is -2.02. The molecular formula is C12H11ClN4. The Labute approximate surface area is 104 Å². The monoisotopic (exact) mass is 246 g/mol. The van der Waals surface area contributed by atoms with Crippen LogP contribution in [0.1, 0.15) is 12.8 Å². The largest absolute Gasteiger partial charge is 0.311 e. The molecule has 4 nitrogen and oxygen atoms in total. The van der Waals surface area contributed by atoms with Crippen molar-refractivity contribution in [2.24, 2.45) is 0 Å². The van der Waals surface area contributed by atoms with Crippen molar-refractivity contribution in [3.05, 3.63) is 41.6 Å². The van der Waals surface area contributed by atoms with Gasteiger partial charge in [-0.1, -0.05) is 35.4 Å². The molecule has 2 aromatic rings. The molecule has 0 aliphatic heterocycles. The molecule has 5 heteroatoms. The highest BCUT2D eigenvalue weighted by Crippen LogP contribution is 2.20. The van der Waals surface area contributed by atoms with Crippen LogP contribution in [0.4, 0.5) is 0 Å². The molecule has 0 amide bonds. The number of rotatable bonds is 2. The van der Waals surface area contributed by atoms with Gasteiger partial charge >= 0.3 is 0 Å². The van der Waals surface area contributed by atoms with Crippen LogP contribution < -0.4 is 0 Å². The topological polar surface area (TPSA) is 43.6 Å². The van der Waals surface area contributed by atoms with Gasteiger partial charge in [0.2, 0.25) is 0 Å². The van der Waals surface area contributed by atoms with Gasteiger partial charge in [-0.25, -0.2) is 15.0 Å². The van der Waals surface area contributed by atoms with Crippen molar-refractivity contribution in [2.75, 3.05) is 0 Å². The Hall–Kier alpha value is -1.68. The molecule has 0 radical (unpaired) electrons. The van der Waals surface area contributed by atoms with Gasteiger partial charge in [0.25, 0.3) is 0 Å². The summed E-state index contributed by atoms with van der Waals surface area (Å²) in [4.78, 5) is 12.4. The highest BCUT2D eigenvalue weighted by atomic mass is 35.5. The van der Waals surface area contributed by atoms with Gasteiger partial charge in [-0.2, -0.15) is 0 Å². The third kappa shape index (κ3) is 1.96. The van der Waals surface area contributed by atoms with E-state index in [2.05, 4.69) is 33.2 Å². The summed E-state index contributed by atoms with van der Waals surface area (Å²) in [6, 6.07) is 0. The lowest BCUT2D eigenvalue weighted by atomic mass is 10.1. The summed E-state index contributed by atoms with van der Waals surface area (Å²) in [6.45, 7) is 0.814. The number of imidazole rings is 1. The lowest BCUT2D eigenvalue weighted by molar-refractivity contribution is 0.749. The molecule has 0 fully saturated rings. The minimum absolute atomic E-state index is 0.409. The number of hydrogen-bond acceptors (Lipinski definition) is 3. The molecule has 0 N–H and O–H groups in total. The second kappa shape index (κ2) is 4.30. The van der Waals surface area contributed by atoms with E-state index in [0.29, 0.717) is 10.7 Å². The van der Waals surface area contributed by atoms with Gasteiger partial charge in [-0.15, -0.1) is 0 Å². The minimum atomic E-state index is 0.409. The smallest absolute Gasteiger partial charge is 0.165 e. The minimum Gasteiger partial charge on any atom is -0.311 e. The van der Waals surface area contributed by atoms with Crippen LogP contribution in [0.15, 0.2) is 36.5 Å². The van der Waals surface area contributed by atoms with Crippen LogP contribution in [-0.4, -0.2) is 19.5 Å². The van der Waals surface area contributed by atoms with Crippen LogP contribution in [0.25, 0.3) is 11.2 Å². The Kier molecular flexibility index (Phi) is 2.65. The number of hydrogen-bond donors (Lipinski definition) is 0. The van der Waals surface area contributed by atoms with Crippen LogP contribution in [-0.2, 0) is 6.54 Å². The molecule has 1 aliphatic rings. The Morgan fingerprint density at radius 1 is 1.29 bits per heavy atom. The molecule has 0 atom stereocenters. The van der Waals surface area contributed by atoms with E-state index < -0.39 is 0 Å². The molecule has 2 heterocycles. The normalized spacial score (nSPS) is 15.2. The number of nitrogens with zero attached hydrogens (tertiary/aromatic N) is 4. The first-order chi connectivity index (χ1) is 8.34. The van der Waals surface area contributed by atoms with E-state index in [9.17, 15) is 0 Å². The second-order valence-electron chi connectivity index (χ2n) is 4.00. The highest BCUT2D eigenvalue weighted by molar-refractivity contribution is 6.33. The van der Waals surface area contributed by atoms with Crippen LogP contribution in [0.2, 0.25) is 5.15 Å². The van der Waals surface area contributed by atoms with Crippen molar-refractivity contribution in [3.8, 4) is 0 Å². The number of fused-ring (bicyclic) bond motifs is 1. The van der Waals surface area contributed by atoms with Crippen LogP contribution in [0, 0.1) is 0 Å². The summed E-state index contributed by atoms with van der Waals surface area (Å²) in [5, 5.41) is 0.409. The predicted octanol–water partition coefficient (Wildman–Crippen LogP) is 2.76. The third-order valence-electron chi connectivity index (χ3n) is 2.83. The van der Waals surface area contributed by atoms with E-state index >= 15 is 0 Å². The molecule has 0 spiro atoms.